The highest BCUT2D eigenvalue weighted by atomic mass is 19.4. The van der Waals surface area contributed by atoms with E-state index in [0.717, 1.165) is 39.1 Å². The number of fused-ring (bicyclic) bond motifs is 4. The lowest BCUT2D eigenvalue weighted by Gasteiger charge is -2.13. The third-order valence-corrected chi connectivity index (χ3v) is 12.2. The molecule has 0 aliphatic rings. The van der Waals surface area contributed by atoms with Crippen LogP contribution >= 0.6 is 0 Å². The lowest BCUT2D eigenvalue weighted by Crippen LogP contribution is -2.29. The van der Waals surface area contributed by atoms with Crippen LogP contribution in [0, 0.1) is 17.5 Å². The Kier molecular flexibility index (Phi) is 21.3. The van der Waals surface area contributed by atoms with Crippen LogP contribution < -0.4 is 15.4 Å². The smallest absolute Gasteiger partial charge is 0.416 e. The Hall–Kier alpha value is -10.3. The molecule has 0 aliphatic heterocycles. The molecule has 86 heavy (non-hydrogen) atoms. The predicted octanol–water partition coefficient (Wildman–Crippen LogP) is 16.2. The first-order valence-corrected chi connectivity index (χ1v) is 25.7. The third kappa shape index (κ3) is 17.4. The van der Waals surface area contributed by atoms with E-state index in [4.69, 9.17) is 9.84 Å². The number of carboxylic acids is 1. The Morgan fingerprint density at radius 1 is 0.419 bits per heavy atom. The number of aromatic hydroxyl groups is 3. The fourth-order valence-corrected chi connectivity index (χ4v) is 8.04. The van der Waals surface area contributed by atoms with Gasteiger partial charge in [-0.2, -0.15) is 26.3 Å². The topological polar surface area (TPSA) is 192 Å². The van der Waals surface area contributed by atoms with E-state index in [-0.39, 0.29) is 70.2 Å². The lowest BCUT2D eigenvalue weighted by molar-refractivity contribution is -0.138. The van der Waals surface area contributed by atoms with E-state index in [2.05, 4.69) is 15.4 Å². The number of phenolic OH excluding ortho intramolecular Hbond substituents is 3. The summed E-state index contributed by atoms with van der Waals surface area (Å²) in [5, 5.41) is 48.9. The summed E-state index contributed by atoms with van der Waals surface area (Å²) >= 11 is 0. The van der Waals surface area contributed by atoms with Crippen molar-refractivity contribution in [3.8, 4) is 28.7 Å². The van der Waals surface area contributed by atoms with Gasteiger partial charge in [0, 0.05) is 44.8 Å². The van der Waals surface area contributed by atoms with Crippen molar-refractivity contribution < 1.29 is 88.6 Å². The van der Waals surface area contributed by atoms with Crippen LogP contribution in [-0.2, 0) is 17.1 Å². The predicted molar refractivity (Wildman–Crippen MR) is 307 cm³/mol. The molecule has 2 amide bonds. The number of alkyl halides is 6. The Balaban J connectivity index is 0.000000179. The van der Waals surface area contributed by atoms with Gasteiger partial charge in [0.2, 0.25) is 0 Å². The largest absolute Gasteiger partial charge is 0.507 e. The van der Waals surface area contributed by atoms with Gasteiger partial charge in [-0.05, 0) is 183 Å². The van der Waals surface area contributed by atoms with Gasteiger partial charge in [0.15, 0.2) is 23.2 Å². The normalized spacial score (nSPS) is 11.0. The number of methoxy groups -OCH3 is 1. The van der Waals surface area contributed by atoms with Crippen molar-refractivity contribution in [2.45, 2.75) is 52.1 Å². The molecule has 0 fully saturated rings. The number of aromatic carboxylic acids is 1. The van der Waals surface area contributed by atoms with Crippen molar-refractivity contribution in [2.75, 3.05) is 7.11 Å². The molecule has 12 nitrogen and oxygen atoms in total. The van der Waals surface area contributed by atoms with E-state index in [1.54, 1.807) is 121 Å². The van der Waals surface area contributed by atoms with E-state index in [0.29, 0.717) is 51.0 Å². The number of carbonyl (C=O) groups excluding carboxylic acids is 3. The fourth-order valence-electron chi connectivity index (χ4n) is 8.04. The fraction of sp³-hybridized carbons (Fsp3) is 0.138. The zero-order chi connectivity index (χ0) is 63.2. The molecule has 6 N–H and O–H groups in total. The molecule has 0 unspecified atom stereocenters. The van der Waals surface area contributed by atoms with Crippen LogP contribution in [-0.4, -0.2) is 63.4 Å². The van der Waals surface area contributed by atoms with Gasteiger partial charge in [-0.3, -0.25) is 9.59 Å². The van der Waals surface area contributed by atoms with Crippen molar-refractivity contribution in [1.82, 2.24) is 10.6 Å². The molecule has 0 bridgehead atoms. The van der Waals surface area contributed by atoms with Crippen molar-refractivity contribution in [2.24, 2.45) is 0 Å². The van der Waals surface area contributed by atoms with Gasteiger partial charge in [-0.1, -0.05) is 48.5 Å². The molecule has 0 saturated heterocycles. The molecular weight excluding hydrogens is 1140 g/mol. The van der Waals surface area contributed by atoms with Crippen LogP contribution in [0.4, 0.5) is 39.5 Å². The van der Waals surface area contributed by atoms with Crippen LogP contribution in [0.5, 0.6) is 28.7 Å². The molecule has 0 aromatic heterocycles. The van der Waals surface area contributed by atoms with Crippen LogP contribution in [0.2, 0.25) is 0 Å². The molecular formula is C65H53F9N2O10. The average molecular weight is 1190 g/mol. The summed E-state index contributed by atoms with van der Waals surface area (Å²) in [6, 6.07) is 43.6. The van der Waals surface area contributed by atoms with Gasteiger partial charge >= 0.3 is 24.3 Å². The maximum absolute atomic E-state index is 14.1. The molecule has 0 atom stereocenters. The number of benzene rings is 10. The summed E-state index contributed by atoms with van der Waals surface area (Å²) < 4.78 is 122. The monoisotopic (exact) mass is 1190 g/mol. The summed E-state index contributed by atoms with van der Waals surface area (Å²) in [6.45, 7) is 7.54. The Bertz CT molecular complexity index is 4090. The van der Waals surface area contributed by atoms with Crippen LogP contribution in [0.15, 0.2) is 182 Å². The summed E-state index contributed by atoms with van der Waals surface area (Å²) in [6.07, 6.45) is -9.26. The van der Waals surface area contributed by atoms with Crippen molar-refractivity contribution in [1.29, 1.82) is 0 Å². The van der Waals surface area contributed by atoms with Crippen LogP contribution in [0.1, 0.15) is 80.3 Å². The Morgan fingerprint density at radius 3 is 1.20 bits per heavy atom. The summed E-state index contributed by atoms with van der Waals surface area (Å²) in [5.74, 6) is -4.99. The van der Waals surface area contributed by atoms with E-state index in [1.807, 2.05) is 39.8 Å². The maximum atomic E-state index is 14.1. The van der Waals surface area contributed by atoms with E-state index >= 15 is 0 Å². The van der Waals surface area contributed by atoms with Gasteiger partial charge in [0.05, 0.1) is 29.4 Å². The van der Waals surface area contributed by atoms with Crippen LogP contribution in [0.25, 0.3) is 43.1 Å². The molecule has 10 aromatic rings. The van der Waals surface area contributed by atoms with Crippen molar-refractivity contribution in [3.05, 3.63) is 233 Å². The van der Waals surface area contributed by atoms with Crippen molar-refractivity contribution >= 4 is 66.8 Å². The number of carbonyl (C=O) groups is 4. The molecule has 446 valence electrons. The Morgan fingerprint density at radius 2 is 0.791 bits per heavy atom. The SMILES string of the molecule is CC(C)NC(=O)c1ccc2c(O)cccc2c1.CC(C)NC(=O)c1ccc2c(Oc3ccc(C(F)(F)F)cc3F)cccc2c1.COC(=O)c1ccc2c(O)cccc2c1.Fc1ccc(C(F)(F)F)cc1F.O=C(O)c1ccc2c(O)cccc2c1. The number of esters is 1. The Labute approximate surface area is 485 Å². The number of rotatable bonds is 8. The van der Waals surface area contributed by atoms with Gasteiger partial charge < -0.3 is 40.5 Å². The second-order valence-corrected chi connectivity index (χ2v) is 19.3. The molecule has 0 aliphatic carbocycles. The van der Waals surface area contributed by atoms with E-state index < -0.39 is 46.9 Å². The van der Waals surface area contributed by atoms with E-state index in [1.165, 1.54) is 19.2 Å². The maximum Gasteiger partial charge on any atom is 0.416 e. The average Bonchev–Trinajstić information content (AvgIpc) is 2.28. The van der Waals surface area contributed by atoms with Gasteiger partial charge in [0.1, 0.15) is 23.0 Å². The molecule has 10 rings (SSSR count). The highest BCUT2D eigenvalue weighted by molar-refractivity contribution is 6.02. The molecule has 0 spiro atoms. The van der Waals surface area contributed by atoms with Crippen LogP contribution in [0.3, 0.4) is 0 Å². The minimum atomic E-state index is -4.63. The first-order valence-electron chi connectivity index (χ1n) is 25.7. The highest BCUT2D eigenvalue weighted by Gasteiger charge is 2.32. The second kappa shape index (κ2) is 28.3. The zero-order valence-electron chi connectivity index (χ0n) is 46.1. The number of nitrogens with one attached hydrogen (secondary N) is 2. The molecule has 0 radical (unpaired) electrons. The summed E-state index contributed by atoms with van der Waals surface area (Å²) in [7, 11) is 1.34. The number of amides is 2. The van der Waals surface area contributed by atoms with Gasteiger partial charge in [0.25, 0.3) is 11.8 Å². The molecule has 21 heteroatoms. The number of halogens is 9. The minimum Gasteiger partial charge on any atom is -0.507 e. The lowest BCUT2D eigenvalue weighted by atomic mass is 10.1. The molecule has 0 saturated carbocycles. The highest BCUT2D eigenvalue weighted by Crippen LogP contribution is 2.36. The first kappa shape index (κ1) is 64.9. The number of phenols is 3. The quantitative estimate of drug-likeness (QED) is 0.0630. The third-order valence-electron chi connectivity index (χ3n) is 12.2. The zero-order valence-corrected chi connectivity index (χ0v) is 46.1. The number of carboxylic acid groups (broad SMARTS) is 1. The molecule has 0 heterocycles. The minimum absolute atomic E-state index is 0.0134. The second-order valence-electron chi connectivity index (χ2n) is 19.3. The van der Waals surface area contributed by atoms with Gasteiger partial charge in [-0.15, -0.1) is 0 Å². The summed E-state index contributed by atoms with van der Waals surface area (Å²) in [4.78, 5) is 45.9. The molecule has 10 aromatic carbocycles. The number of ether oxygens (including phenoxy) is 2. The summed E-state index contributed by atoms with van der Waals surface area (Å²) in [5.41, 5.74) is -0.507. The number of hydrogen-bond donors (Lipinski definition) is 6. The first-order chi connectivity index (χ1) is 40.5. The van der Waals surface area contributed by atoms with Gasteiger partial charge in [-0.25, -0.2) is 22.8 Å². The number of hydrogen-bond acceptors (Lipinski definition) is 9. The standard InChI is InChI=1S/C21H17F4NO2.C14H15NO2.C12H10O3.C11H8O3.C7H3F5/c1-12(2)26-20(27)14-6-8-16-13(10-14)4-3-5-18(16)28-19-9-7-15(11-17(19)22)21(23,24)25;1-9(2)15-14(17)11-6-7-12-10(8-11)4-3-5-13(12)16;1-15-12(14)9-5-6-10-8(7-9)3-2-4-11(10)13;12-10-3-1-2-7-6-8(11(13)14)4-5-9(7)10;8-5-2-1-4(3-6(5)9)7(10,11)12/h3-12H,1-2H3,(H,26,27);3-9,16H,1-2H3,(H,15,17);2-7,13H,1H3;1-6,12H,(H,13,14);1-3H. The van der Waals surface area contributed by atoms with Crippen molar-refractivity contribution in [3.63, 3.8) is 0 Å². The van der Waals surface area contributed by atoms with E-state index in [9.17, 15) is 74.0 Å².